The first-order valence-corrected chi connectivity index (χ1v) is 5.44. The first-order valence-electron chi connectivity index (χ1n) is 5.44. The Morgan fingerprint density at radius 1 is 1.14 bits per heavy atom. The van der Waals surface area contributed by atoms with E-state index in [1.54, 1.807) is 0 Å². The molecule has 0 unspecified atom stereocenters. The molecular formula is C13H16O. The Bertz CT molecular complexity index is 361. The number of hydrogen-bond acceptors (Lipinski definition) is 1. The molecule has 1 aromatic carbocycles. The fraction of sp³-hybridized carbons (Fsp3) is 0.538. The lowest BCUT2D eigenvalue weighted by Crippen LogP contribution is -2.29. The minimum Gasteiger partial charge on any atom is -0.358 e. The van der Waals surface area contributed by atoms with Crippen LogP contribution in [0.5, 0.6) is 0 Å². The van der Waals surface area contributed by atoms with E-state index >= 15 is 0 Å². The maximum atomic E-state index is 5.95. The third-order valence-electron chi connectivity index (χ3n) is 3.99. The van der Waals surface area contributed by atoms with Gasteiger partial charge in [-0.3, -0.25) is 0 Å². The van der Waals surface area contributed by atoms with E-state index in [9.17, 15) is 0 Å². The molecule has 1 heterocycles. The molecule has 1 aromatic rings. The van der Waals surface area contributed by atoms with Gasteiger partial charge in [0.1, 0.15) is 11.2 Å². The number of aryl methyl sites for hydroxylation is 1. The lowest BCUT2D eigenvalue weighted by molar-refractivity contribution is 0.194. The van der Waals surface area contributed by atoms with Gasteiger partial charge in [0, 0.05) is 0 Å². The van der Waals surface area contributed by atoms with Crippen LogP contribution in [0, 0.1) is 6.92 Å². The Balaban J connectivity index is 1.93. The van der Waals surface area contributed by atoms with Crippen LogP contribution in [0.1, 0.15) is 37.3 Å². The Labute approximate surface area is 85.1 Å². The molecule has 14 heavy (non-hydrogen) atoms. The van der Waals surface area contributed by atoms with Gasteiger partial charge in [-0.2, -0.15) is 0 Å². The van der Waals surface area contributed by atoms with E-state index in [1.165, 1.54) is 30.4 Å². The van der Waals surface area contributed by atoms with Crippen LogP contribution in [0.15, 0.2) is 24.3 Å². The molecule has 1 nitrogen and oxygen atoms in total. The van der Waals surface area contributed by atoms with E-state index in [0.717, 1.165) is 0 Å². The fourth-order valence-corrected chi connectivity index (χ4v) is 2.64. The molecule has 74 valence electrons. The monoisotopic (exact) mass is 188 g/mol. The zero-order chi connectivity index (χ0) is 9.81. The summed E-state index contributed by atoms with van der Waals surface area (Å²) in [4.78, 5) is 0. The molecule has 0 amide bonds. The molecule has 1 heteroatoms. The second kappa shape index (κ2) is 2.40. The van der Waals surface area contributed by atoms with Gasteiger partial charge < -0.3 is 4.74 Å². The van der Waals surface area contributed by atoms with Crippen molar-refractivity contribution in [2.24, 2.45) is 0 Å². The van der Waals surface area contributed by atoms with E-state index < -0.39 is 0 Å². The lowest BCUT2D eigenvalue weighted by Gasteiger charge is -2.25. The number of hydrogen-bond donors (Lipinski definition) is 0. The molecule has 0 bridgehead atoms. The largest absolute Gasteiger partial charge is 0.358 e. The van der Waals surface area contributed by atoms with Crippen molar-refractivity contribution < 1.29 is 4.74 Å². The molecule has 1 aliphatic carbocycles. The Hall–Kier alpha value is -0.820. The van der Waals surface area contributed by atoms with Crippen LogP contribution in [0.2, 0.25) is 0 Å². The molecular weight excluding hydrogens is 172 g/mol. The zero-order valence-corrected chi connectivity index (χ0v) is 8.84. The predicted molar refractivity (Wildman–Crippen MR) is 56.2 cm³/mol. The summed E-state index contributed by atoms with van der Waals surface area (Å²) in [6.07, 6.45) is 3.83. The normalized spacial score (nSPS) is 32.7. The molecule has 0 radical (unpaired) electrons. The molecule has 1 saturated carbocycles. The minimum atomic E-state index is 0.0267. The van der Waals surface area contributed by atoms with Crippen molar-refractivity contribution in [2.45, 2.75) is 44.3 Å². The number of ether oxygens (including phenoxy) is 1. The smallest absolute Gasteiger partial charge is 0.120 e. The third-order valence-corrected chi connectivity index (χ3v) is 3.99. The summed E-state index contributed by atoms with van der Waals surface area (Å²) in [6.45, 7) is 4.36. The van der Waals surface area contributed by atoms with Gasteiger partial charge in [0.25, 0.3) is 0 Å². The van der Waals surface area contributed by atoms with Crippen LogP contribution in [-0.2, 0) is 10.3 Å². The van der Waals surface area contributed by atoms with Crippen molar-refractivity contribution in [3.63, 3.8) is 0 Å². The predicted octanol–water partition coefficient (Wildman–Crippen LogP) is 3.16. The summed E-state index contributed by atoms with van der Waals surface area (Å²) in [5.74, 6) is 0. The molecule has 2 aliphatic rings. The highest BCUT2D eigenvalue weighted by Gasteiger charge is 2.69. The van der Waals surface area contributed by atoms with Gasteiger partial charge in [-0.1, -0.05) is 29.8 Å². The zero-order valence-electron chi connectivity index (χ0n) is 8.84. The second-order valence-corrected chi connectivity index (χ2v) is 4.85. The maximum absolute atomic E-state index is 5.95. The van der Waals surface area contributed by atoms with Gasteiger partial charge in [-0.15, -0.1) is 0 Å². The third kappa shape index (κ3) is 0.885. The molecule has 2 fully saturated rings. The summed E-state index contributed by atoms with van der Waals surface area (Å²) >= 11 is 0. The van der Waals surface area contributed by atoms with Gasteiger partial charge in [0.15, 0.2) is 0 Å². The van der Waals surface area contributed by atoms with Crippen molar-refractivity contribution in [1.29, 1.82) is 0 Å². The van der Waals surface area contributed by atoms with E-state index in [2.05, 4.69) is 38.1 Å². The van der Waals surface area contributed by atoms with Gasteiger partial charge in [0.2, 0.25) is 0 Å². The molecule has 1 aliphatic heterocycles. The molecule has 3 rings (SSSR count). The second-order valence-electron chi connectivity index (χ2n) is 4.85. The summed E-state index contributed by atoms with van der Waals surface area (Å²) in [5.41, 5.74) is 2.92. The van der Waals surface area contributed by atoms with Crippen LogP contribution < -0.4 is 0 Å². The van der Waals surface area contributed by atoms with Crippen molar-refractivity contribution >= 4 is 0 Å². The number of epoxide rings is 1. The Kier molecular flexibility index (Phi) is 1.46. The van der Waals surface area contributed by atoms with E-state index in [0.29, 0.717) is 0 Å². The van der Waals surface area contributed by atoms with Crippen LogP contribution in [0.25, 0.3) is 0 Å². The average Bonchev–Trinajstić information content (AvgIpc) is 2.75. The summed E-state index contributed by atoms with van der Waals surface area (Å²) in [5, 5.41) is 0. The molecule has 0 N–H and O–H groups in total. The molecule has 1 saturated heterocycles. The fourth-order valence-electron chi connectivity index (χ4n) is 2.64. The molecule has 1 spiro atoms. The quantitative estimate of drug-likeness (QED) is 0.617. The lowest BCUT2D eigenvalue weighted by atomic mass is 9.74. The van der Waals surface area contributed by atoms with Crippen molar-refractivity contribution in [3.05, 3.63) is 35.4 Å². The van der Waals surface area contributed by atoms with Crippen molar-refractivity contribution in [1.82, 2.24) is 0 Å². The van der Waals surface area contributed by atoms with Crippen LogP contribution in [-0.4, -0.2) is 5.60 Å². The number of benzene rings is 1. The van der Waals surface area contributed by atoms with Gasteiger partial charge in [0.05, 0.1) is 0 Å². The number of rotatable bonds is 1. The van der Waals surface area contributed by atoms with E-state index in [4.69, 9.17) is 4.74 Å². The first kappa shape index (κ1) is 8.49. The van der Waals surface area contributed by atoms with Crippen LogP contribution in [0.4, 0.5) is 0 Å². The summed E-state index contributed by atoms with van der Waals surface area (Å²) in [7, 11) is 0. The minimum absolute atomic E-state index is 0.0267. The topological polar surface area (TPSA) is 12.5 Å². The first-order chi connectivity index (χ1) is 6.66. The van der Waals surface area contributed by atoms with Crippen molar-refractivity contribution in [2.75, 3.05) is 0 Å². The van der Waals surface area contributed by atoms with E-state index in [1.807, 2.05) is 0 Å². The highest BCUT2D eigenvalue weighted by Crippen LogP contribution is 2.65. The Morgan fingerprint density at radius 3 is 2.21 bits per heavy atom. The standard InChI is InChI=1S/C13H16O/c1-10-4-6-11(7-5-10)12(2)13(14-12)8-3-9-13/h4-7H,3,8-9H2,1-2H3/t12-/m1/s1. The molecule has 0 aromatic heterocycles. The highest BCUT2D eigenvalue weighted by molar-refractivity contribution is 5.36. The molecule has 1 atom stereocenters. The maximum Gasteiger partial charge on any atom is 0.120 e. The van der Waals surface area contributed by atoms with Crippen molar-refractivity contribution in [3.8, 4) is 0 Å². The Morgan fingerprint density at radius 2 is 1.79 bits per heavy atom. The average molecular weight is 188 g/mol. The summed E-state index contributed by atoms with van der Waals surface area (Å²) in [6, 6.07) is 8.77. The van der Waals surface area contributed by atoms with Crippen LogP contribution >= 0.6 is 0 Å². The van der Waals surface area contributed by atoms with E-state index in [-0.39, 0.29) is 11.2 Å². The SMILES string of the molecule is Cc1ccc([C@@]2(C)OC23CCC3)cc1. The highest BCUT2D eigenvalue weighted by atomic mass is 16.6. The van der Waals surface area contributed by atoms with Crippen LogP contribution in [0.3, 0.4) is 0 Å². The summed E-state index contributed by atoms with van der Waals surface area (Å²) < 4.78 is 5.95. The van der Waals surface area contributed by atoms with Gasteiger partial charge in [-0.25, -0.2) is 0 Å². The van der Waals surface area contributed by atoms with Gasteiger partial charge >= 0.3 is 0 Å². The van der Waals surface area contributed by atoms with Gasteiger partial charge in [-0.05, 0) is 38.7 Å².